The summed E-state index contributed by atoms with van der Waals surface area (Å²) in [6.07, 6.45) is 2.53. The van der Waals surface area contributed by atoms with Crippen molar-refractivity contribution >= 4 is 11.8 Å². The molecule has 0 aliphatic carbocycles. The molecule has 0 spiro atoms. The zero-order chi connectivity index (χ0) is 12.7. The van der Waals surface area contributed by atoms with Crippen molar-refractivity contribution in [1.29, 1.82) is 0 Å². The third-order valence-electron chi connectivity index (χ3n) is 2.91. The second-order valence-electron chi connectivity index (χ2n) is 4.79. The van der Waals surface area contributed by atoms with Crippen molar-refractivity contribution < 1.29 is 0 Å². The molecule has 1 aromatic carbocycles. The molecule has 0 aromatic heterocycles. The summed E-state index contributed by atoms with van der Waals surface area (Å²) >= 11 is 2.03. The first-order valence-corrected chi connectivity index (χ1v) is 7.63. The highest BCUT2D eigenvalue weighted by molar-refractivity contribution is 7.98. The van der Waals surface area contributed by atoms with Crippen LogP contribution < -0.4 is 5.32 Å². The van der Waals surface area contributed by atoms with E-state index in [0.717, 1.165) is 5.75 Å². The third-order valence-corrected chi connectivity index (χ3v) is 4.09. The first kappa shape index (κ1) is 14.6. The number of hydrogen-bond acceptors (Lipinski definition) is 2. The Morgan fingerprint density at radius 1 is 1.18 bits per heavy atom. The lowest BCUT2D eigenvalue weighted by Gasteiger charge is -2.14. The Bertz CT molecular complexity index is 315. The van der Waals surface area contributed by atoms with Crippen LogP contribution in [-0.2, 0) is 5.75 Å². The summed E-state index contributed by atoms with van der Waals surface area (Å²) in [5.41, 5.74) is 4.21. The predicted molar refractivity (Wildman–Crippen MR) is 79.8 cm³/mol. The lowest BCUT2D eigenvalue weighted by molar-refractivity contribution is 0.564. The molecule has 1 nitrogen and oxygen atoms in total. The predicted octanol–water partition coefficient (Wildman–Crippen LogP) is 3.92. The van der Waals surface area contributed by atoms with E-state index in [4.69, 9.17) is 0 Å². The molecule has 0 heterocycles. The second-order valence-corrected chi connectivity index (χ2v) is 5.82. The number of aryl methyl sites for hydroxylation is 2. The van der Waals surface area contributed by atoms with Crippen molar-refractivity contribution in [3.05, 3.63) is 34.9 Å². The Kier molecular flexibility index (Phi) is 6.68. The molecule has 0 aliphatic heterocycles. The van der Waals surface area contributed by atoms with Gasteiger partial charge in [0.1, 0.15) is 0 Å². The van der Waals surface area contributed by atoms with E-state index in [1.807, 2.05) is 11.8 Å². The molecule has 0 radical (unpaired) electrons. The van der Waals surface area contributed by atoms with Crippen LogP contribution in [0.15, 0.2) is 18.2 Å². The number of thioether (sulfide) groups is 1. The summed E-state index contributed by atoms with van der Waals surface area (Å²) in [5.74, 6) is 2.34. The van der Waals surface area contributed by atoms with Gasteiger partial charge in [-0.3, -0.25) is 0 Å². The van der Waals surface area contributed by atoms with E-state index in [0.29, 0.717) is 6.04 Å². The summed E-state index contributed by atoms with van der Waals surface area (Å²) in [5, 5.41) is 3.39. The van der Waals surface area contributed by atoms with E-state index >= 15 is 0 Å². The maximum absolute atomic E-state index is 3.39. The minimum atomic E-state index is 0.663. The van der Waals surface area contributed by atoms with Crippen LogP contribution in [0.5, 0.6) is 0 Å². The Morgan fingerprint density at radius 3 is 2.35 bits per heavy atom. The van der Waals surface area contributed by atoms with Crippen molar-refractivity contribution in [1.82, 2.24) is 5.32 Å². The highest BCUT2D eigenvalue weighted by Crippen LogP contribution is 2.17. The van der Waals surface area contributed by atoms with Gasteiger partial charge in [-0.25, -0.2) is 0 Å². The smallest absolute Gasteiger partial charge is 0.0185 e. The fraction of sp³-hybridized carbons (Fsp3) is 0.600. The van der Waals surface area contributed by atoms with Gasteiger partial charge in [-0.1, -0.05) is 42.7 Å². The molecular formula is C15H25NS. The van der Waals surface area contributed by atoms with Gasteiger partial charge < -0.3 is 5.32 Å². The molecule has 0 amide bonds. The fourth-order valence-corrected chi connectivity index (χ4v) is 3.27. The maximum atomic E-state index is 3.39. The normalized spacial score (nSPS) is 12.7. The molecule has 0 aliphatic rings. The largest absolute Gasteiger partial charge is 0.316 e. The van der Waals surface area contributed by atoms with Crippen molar-refractivity contribution in [2.24, 2.45) is 0 Å². The van der Waals surface area contributed by atoms with Gasteiger partial charge in [-0.05, 0) is 32.9 Å². The van der Waals surface area contributed by atoms with Gasteiger partial charge in [0, 0.05) is 17.5 Å². The van der Waals surface area contributed by atoms with Gasteiger partial charge in [-0.15, -0.1) is 0 Å². The fourth-order valence-electron chi connectivity index (χ4n) is 2.13. The van der Waals surface area contributed by atoms with Crippen LogP contribution in [0.1, 0.15) is 36.5 Å². The number of hydrogen-bond donors (Lipinski definition) is 1. The molecule has 0 saturated heterocycles. The molecule has 1 atom stereocenters. The summed E-state index contributed by atoms with van der Waals surface area (Å²) in [7, 11) is 2.07. The first-order valence-electron chi connectivity index (χ1n) is 6.48. The molecule has 0 fully saturated rings. The van der Waals surface area contributed by atoms with Crippen LogP contribution in [-0.4, -0.2) is 18.8 Å². The lowest BCUT2D eigenvalue weighted by atomic mass is 10.1. The topological polar surface area (TPSA) is 12.0 Å². The number of rotatable bonds is 7. The van der Waals surface area contributed by atoms with Gasteiger partial charge in [-0.2, -0.15) is 11.8 Å². The SMILES string of the molecule is CCCC(CSCc1cc(C)cc(C)c1)NC. The number of benzene rings is 1. The van der Waals surface area contributed by atoms with E-state index in [1.54, 1.807) is 0 Å². The summed E-state index contributed by atoms with van der Waals surface area (Å²) in [4.78, 5) is 0. The van der Waals surface area contributed by atoms with Crippen LogP contribution in [0, 0.1) is 13.8 Å². The van der Waals surface area contributed by atoms with E-state index < -0.39 is 0 Å². The molecule has 1 rings (SSSR count). The molecule has 17 heavy (non-hydrogen) atoms. The average Bonchev–Trinajstić information content (AvgIpc) is 2.26. The van der Waals surface area contributed by atoms with Crippen molar-refractivity contribution in [2.75, 3.05) is 12.8 Å². The van der Waals surface area contributed by atoms with Gasteiger partial charge in [0.25, 0.3) is 0 Å². The Balaban J connectivity index is 2.39. The molecule has 2 heteroatoms. The van der Waals surface area contributed by atoms with Gasteiger partial charge in [0.05, 0.1) is 0 Å². The summed E-state index contributed by atoms with van der Waals surface area (Å²) in [6.45, 7) is 6.60. The van der Waals surface area contributed by atoms with Crippen molar-refractivity contribution in [2.45, 2.75) is 45.4 Å². The van der Waals surface area contributed by atoms with E-state index in [9.17, 15) is 0 Å². The zero-order valence-electron chi connectivity index (χ0n) is 11.5. The second kappa shape index (κ2) is 7.78. The first-order chi connectivity index (χ1) is 8.15. The minimum Gasteiger partial charge on any atom is -0.316 e. The molecule has 1 N–H and O–H groups in total. The highest BCUT2D eigenvalue weighted by atomic mass is 32.2. The van der Waals surface area contributed by atoms with Gasteiger partial charge in [0.2, 0.25) is 0 Å². The summed E-state index contributed by atoms with van der Waals surface area (Å²) < 4.78 is 0. The Morgan fingerprint density at radius 2 is 1.82 bits per heavy atom. The van der Waals surface area contributed by atoms with E-state index in [1.165, 1.54) is 35.3 Å². The van der Waals surface area contributed by atoms with Crippen LogP contribution in [0.4, 0.5) is 0 Å². The average molecular weight is 251 g/mol. The molecular weight excluding hydrogens is 226 g/mol. The third kappa shape index (κ3) is 5.60. The highest BCUT2D eigenvalue weighted by Gasteiger charge is 2.04. The monoisotopic (exact) mass is 251 g/mol. The Labute approximate surface area is 110 Å². The number of nitrogens with one attached hydrogen (secondary N) is 1. The van der Waals surface area contributed by atoms with Crippen molar-refractivity contribution in [3.8, 4) is 0 Å². The van der Waals surface area contributed by atoms with Gasteiger partial charge in [0.15, 0.2) is 0 Å². The molecule has 1 aromatic rings. The van der Waals surface area contributed by atoms with Crippen LogP contribution >= 0.6 is 11.8 Å². The van der Waals surface area contributed by atoms with E-state index in [2.05, 4.69) is 51.3 Å². The van der Waals surface area contributed by atoms with E-state index in [-0.39, 0.29) is 0 Å². The Hall–Kier alpha value is -0.470. The maximum Gasteiger partial charge on any atom is 0.0185 e. The lowest BCUT2D eigenvalue weighted by Crippen LogP contribution is -2.27. The standard InChI is InChI=1S/C15H25NS/c1-5-6-15(16-4)11-17-10-14-8-12(2)7-13(3)9-14/h7-9,15-16H,5-6,10-11H2,1-4H3. The minimum absolute atomic E-state index is 0.663. The van der Waals surface area contributed by atoms with Crippen LogP contribution in [0.25, 0.3) is 0 Å². The molecule has 0 saturated carbocycles. The quantitative estimate of drug-likeness (QED) is 0.788. The zero-order valence-corrected chi connectivity index (χ0v) is 12.4. The molecule has 0 bridgehead atoms. The van der Waals surface area contributed by atoms with Crippen LogP contribution in [0.2, 0.25) is 0 Å². The van der Waals surface area contributed by atoms with Crippen LogP contribution in [0.3, 0.4) is 0 Å². The van der Waals surface area contributed by atoms with Gasteiger partial charge >= 0.3 is 0 Å². The molecule has 1 unspecified atom stereocenters. The van der Waals surface area contributed by atoms with Crippen molar-refractivity contribution in [3.63, 3.8) is 0 Å². The molecule has 96 valence electrons. The summed E-state index contributed by atoms with van der Waals surface area (Å²) in [6, 6.07) is 7.50.